The predicted octanol–water partition coefficient (Wildman–Crippen LogP) is 4.43. The van der Waals surface area contributed by atoms with Gasteiger partial charge in [-0.3, -0.25) is 9.59 Å². The van der Waals surface area contributed by atoms with Crippen LogP contribution in [0.15, 0.2) is 53.0 Å². The lowest BCUT2D eigenvalue weighted by molar-refractivity contribution is -0.143. The van der Waals surface area contributed by atoms with E-state index in [2.05, 4.69) is 15.9 Å². The Hall–Kier alpha value is -2.14. The van der Waals surface area contributed by atoms with E-state index in [-0.39, 0.29) is 17.9 Å². The van der Waals surface area contributed by atoms with E-state index in [1.165, 1.54) is 14.0 Å². The van der Waals surface area contributed by atoms with Crippen LogP contribution in [0.5, 0.6) is 5.75 Å². The molecule has 5 heteroatoms. The third-order valence-corrected chi connectivity index (χ3v) is 4.38. The third kappa shape index (κ3) is 4.45. The Morgan fingerprint density at radius 3 is 2.00 bits per heavy atom. The lowest BCUT2D eigenvalue weighted by atomic mass is 9.82. The average molecular weight is 391 g/mol. The Balaban J connectivity index is 2.30. The van der Waals surface area contributed by atoms with Gasteiger partial charge in [0.05, 0.1) is 13.0 Å². The Kier molecular flexibility index (Phi) is 6.15. The fraction of sp³-hybridized carbons (Fsp3) is 0.263. The molecule has 2 rings (SSSR count). The number of esters is 2. The first-order valence-corrected chi connectivity index (χ1v) is 8.33. The molecule has 4 nitrogen and oxygen atoms in total. The van der Waals surface area contributed by atoms with Crippen LogP contribution in [0.3, 0.4) is 0 Å². The van der Waals surface area contributed by atoms with Crippen LogP contribution in [0.25, 0.3) is 0 Å². The highest BCUT2D eigenvalue weighted by Crippen LogP contribution is 2.35. The summed E-state index contributed by atoms with van der Waals surface area (Å²) in [5.74, 6) is -0.670. The molecule has 0 saturated heterocycles. The van der Waals surface area contributed by atoms with Crippen molar-refractivity contribution in [3.05, 3.63) is 64.1 Å². The van der Waals surface area contributed by atoms with Crippen molar-refractivity contribution in [1.29, 1.82) is 0 Å². The molecule has 0 fully saturated rings. The van der Waals surface area contributed by atoms with Gasteiger partial charge in [-0.15, -0.1) is 0 Å². The number of ether oxygens (including phenoxy) is 2. The molecule has 0 bridgehead atoms. The largest absolute Gasteiger partial charge is 0.469 e. The van der Waals surface area contributed by atoms with Crippen LogP contribution < -0.4 is 4.74 Å². The second-order valence-electron chi connectivity index (χ2n) is 5.50. The van der Waals surface area contributed by atoms with Crippen LogP contribution >= 0.6 is 15.9 Å². The molecule has 0 aliphatic heterocycles. The summed E-state index contributed by atoms with van der Waals surface area (Å²) in [7, 11) is 1.39. The highest BCUT2D eigenvalue weighted by Gasteiger charge is 2.29. The minimum atomic E-state index is -0.414. The molecule has 2 aromatic carbocycles. The van der Waals surface area contributed by atoms with E-state index < -0.39 is 5.92 Å². The van der Waals surface area contributed by atoms with Gasteiger partial charge in [0.2, 0.25) is 0 Å². The maximum Gasteiger partial charge on any atom is 0.313 e. The van der Waals surface area contributed by atoms with Crippen molar-refractivity contribution in [3.8, 4) is 5.75 Å². The van der Waals surface area contributed by atoms with Gasteiger partial charge >= 0.3 is 11.9 Å². The first-order chi connectivity index (χ1) is 11.4. The number of hydrogen-bond donors (Lipinski definition) is 0. The van der Waals surface area contributed by atoms with Gasteiger partial charge in [0.1, 0.15) is 5.75 Å². The molecule has 24 heavy (non-hydrogen) atoms. The van der Waals surface area contributed by atoms with Crippen molar-refractivity contribution in [2.75, 3.05) is 7.11 Å². The van der Waals surface area contributed by atoms with Crippen LogP contribution in [0.2, 0.25) is 0 Å². The number of hydrogen-bond acceptors (Lipinski definition) is 4. The fourth-order valence-electron chi connectivity index (χ4n) is 2.62. The topological polar surface area (TPSA) is 52.6 Å². The molecule has 0 aliphatic rings. The van der Waals surface area contributed by atoms with Crippen LogP contribution in [0, 0.1) is 0 Å². The van der Waals surface area contributed by atoms with Crippen molar-refractivity contribution < 1.29 is 19.1 Å². The minimum Gasteiger partial charge on any atom is -0.469 e. The molecular formula is C19H19BrO4. The maximum atomic E-state index is 12.3. The monoisotopic (exact) mass is 390 g/mol. The minimum absolute atomic E-state index is 0.0926. The number of carbonyl (C=O) groups is 2. The fourth-order valence-corrected chi connectivity index (χ4v) is 2.89. The zero-order valence-electron chi connectivity index (χ0n) is 13.8. The highest BCUT2D eigenvalue weighted by atomic mass is 79.9. The van der Waals surface area contributed by atoms with Crippen molar-refractivity contribution in [2.45, 2.75) is 25.7 Å². The molecule has 0 spiro atoms. The maximum absolute atomic E-state index is 12.3. The van der Waals surface area contributed by atoms with Crippen molar-refractivity contribution in [2.24, 2.45) is 0 Å². The van der Waals surface area contributed by atoms with Crippen molar-refractivity contribution in [1.82, 2.24) is 0 Å². The Morgan fingerprint density at radius 2 is 1.50 bits per heavy atom. The lowest BCUT2D eigenvalue weighted by Gasteiger charge is -2.23. The molecule has 0 heterocycles. The van der Waals surface area contributed by atoms with E-state index in [1.807, 2.05) is 43.3 Å². The number of benzene rings is 2. The van der Waals surface area contributed by atoms with Crippen LogP contribution in [0.4, 0.5) is 0 Å². The van der Waals surface area contributed by atoms with E-state index in [1.54, 1.807) is 12.1 Å². The standard InChI is InChI=1S/C19H19BrO4/c1-12(14-6-10-17(11-7-14)24-13(2)21)18(19(22)23-3)15-4-8-16(20)9-5-15/h4-12,18H,1-3H3/t12-,18+/m0/s1. The number of methoxy groups -OCH3 is 1. The van der Waals surface area contributed by atoms with Gasteiger partial charge in [-0.05, 0) is 41.3 Å². The summed E-state index contributed by atoms with van der Waals surface area (Å²) < 4.78 is 11.0. The molecule has 2 aromatic rings. The number of rotatable bonds is 5. The number of carbonyl (C=O) groups excluding carboxylic acids is 2. The molecule has 0 amide bonds. The van der Waals surface area contributed by atoms with E-state index >= 15 is 0 Å². The smallest absolute Gasteiger partial charge is 0.313 e. The SMILES string of the molecule is COC(=O)[C@@H](c1ccc(Br)cc1)[C@@H](C)c1ccc(OC(C)=O)cc1. The molecule has 2 atom stereocenters. The summed E-state index contributed by atoms with van der Waals surface area (Å²) in [6.07, 6.45) is 0. The summed E-state index contributed by atoms with van der Waals surface area (Å²) >= 11 is 3.40. The molecule has 0 radical (unpaired) electrons. The second kappa shape index (κ2) is 8.11. The summed E-state index contributed by atoms with van der Waals surface area (Å²) in [5, 5.41) is 0. The number of halogens is 1. The molecular weight excluding hydrogens is 372 g/mol. The van der Waals surface area contributed by atoms with Crippen LogP contribution in [-0.4, -0.2) is 19.0 Å². The van der Waals surface area contributed by atoms with Crippen LogP contribution in [0.1, 0.15) is 36.8 Å². The summed E-state index contributed by atoms with van der Waals surface area (Å²) in [4.78, 5) is 23.3. The molecule has 0 aromatic heterocycles. The zero-order chi connectivity index (χ0) is 17.7. The van der Waals surface area contributed by atoms with Gasteiger partial charge in [-0.25, -0.2) is 0 Å². The zero-order valence-corrected chi connectivity index (χ0v) is 15.4. The first-order valence-electron chi connectivity index (χ1n) is 7.54. The predicted molar refractivity (Wildman–Crippen MR) is 95.1 cm³/mol. The average Bonchev–Trinajstić information content (AvgIpc) is 2.56. The van der Waals surface area contributed by atoms with Gasteiger partial charge in [0, 0.05) is 11.4 Å². The van der Waals surface area contributed by atoms with Gasteiger partial charge < -0.3 is 9.47 Å². The van der Waals surface area contributed by atoms with Gasteiger partial charge in [-0.1, -0.05) is 47.1 Å². The van der Waals surface area contributed by atoms with Crippen molar-refractivity contribution in [3.63, 3.8) is 0 Å². The highest BCUT2D eigenvalue weighted by molar-refractivity contribution is 9.10. The molecule has 0 N–H and O–H groups in total. The van der Waals surface area contributed by atoms with E-state index in [0.717, 1.165) is 15.6 Å². The summed E-state index contributed by atoms with van der Waals surface area (Å²) in [5.41, 5.74) is 1.85. The molecule has 0 saturated carbocycles. The molecule has 126 valence electrons. The first kappa shape index (κ1) is 18.2. The lowest BCUT2D eigenvalue weighted by Crippen LogP contribution is -2.20. The van der Waals surface area contributed by atoms with E-state index in [0.29, 0.717) is 5.75 Å². The van der Waals surface area contributed by atoms with Gasteiger partial charge in [-0.2, -0.15) is 0 Å². The van der Waals surface area contributed by atoms with Crippen molar-refractivity contribution >= 4 is 27.9 Å². The molecule has 0 aliphatic carbocycles. The Morgan fingerprint density at radius 1 is 0.958 bits per heavy atom. The van der Waals surface area contributed by atoms with Crippen LogP contribution in [-0.2, 0) is 14.3 Å². The summed E-state index contributed by atoms with van der Waals surface area (Å²) in [6, 6.07) is 14.8. The van der Waals surface area contributed by atoms with E-state index in [9.17, 15) is 9.59 Å². The molecule has 0 unspecified atom stereocenters. The quantitative estimate of drug-likeness (QED) is 0.559. The second-order valence-corrected chi connectivity index (χ2v) is 6.42. The third-order valence-electron chi connectivity index (χ3n) is 3.85. The Labute approximate surface area is 149 Å². The summed E-state index contributed by atoms with van der Waals surface area (Å²) in [6.45, 7) is 3.34. The van der Waals surface area contributed by atoms with Gasteiger partial charge in [0.25, 0.3) is 0 Å². The normalized spacial score (nSPS) is 13.0. The Bertz CT molecular complexity index is 707. The van der Waals surface area contributed by atoms with Gasteiger partial charge in [0.15, 0.2) is 0 Å². The van der Waals surface area contributed by atoms with E-state index in [4.69, 9.17) is 9.47 Å².